The number of hydrogen-bond acceptors (Lipinski definition) is 3. The van der Waals surface area contributed by atoms with Crippen molar-refractivity contribution in [3.63, 3.8) is 0 Å². The minimum atomic E-state index is 0.277. The van der Waals surface area contributed by atoms with Crippen LogP contribution >= 0.6 is 0 Å². The standard InChI is InChI=1S/C13H23N3O/c1-3-16-13(8-11(2)14-16)9-15-7-5-4-6-12(15)10-17/h8,12,17H,3-7,9-10H2,1-2H3. The van der Waals surface area contributed by atoms with Crippen molar-refractivity contribution in [3.8, 4) is 0 Å². The van der Waals surface area contributed by atoms with Gasteiger partial charge >= 0.3 is 0 Å². The van der Waals surface area contributed by atoms with Gasteiger partial charge in [-0.3, -0.25) is 9.58 Å². The van der Waals surface area contributed by atoms with Crippen LogP contribution in [0.4, 0.5) is 0 Å². The van der Waals surface area contributed by atoms with Crippen LogP contribution in [0.3, 0.4) is 0 Å². The SMILES string of the molecule is CCn1nc(C)cc1CN1CCCCC1CO. The lowest BCUT2D eigenvalue weighted by atomic mass is 10.0. The van der Waals surface area contributed by atoms with Gasteiger partial charge in [-0.1, -0.05) is 6.42 Å². The van der Waals surface area contributed by atoms with Crippen molar-refractivity contribution in [1.29, 1.82) is 0 Å². The molecule has 1 aromatic rings. The van der Waals surface area contributed by atoms with Crippen LogP contribution < -0.4 is 0 Å². The van der Waals surface area contributed by atoms with Gasteiger partial charge in [0.05, 0.1) is 18.0 Å². The highest BCUT2D eigenvalue weighted by Crippen LogP contribution is 2.19. The van der Waals surface area contributed by atoms with Gasteiger partial charge in [-0.15, -0.1) is 0 Å². The molecule has 0 spiro atoms. The van der Waals surface area contributed by atoms with Gasteiger partial charge in [0.2, 0.25) is 0 Å². The van der Waals surface area contributed by atoms with Gasteiger partial charge in [0, 0.05) is 19.1 Å². The lowest BCUT2D eigenvalue weighted by Gasteiger charge is -2.34. The number of likely N-dealkylation sites (tertiary alicyclic amines) is 1. The fourth-order valence-electron chi connectivity index (χ4n) is 2.68. The second kappa shape index (κ2) is 5.65. The number of rotatable bonds is 4. The van der Waals surface area contributed by atoms with Crippen molar-refractivity contribution >= 4 is 0 Å². The Morgan fingerprint density at radius 3 is 3.00 bits per heavy atom. The maximum Gasteiger partial charge on any atom is 0.0597 e. The Hall–Kier alpha value is -0.870. The summed E-state index contributed by atoms with van der Waals surface area (Å²) < 4.78 is 2.07. The Labute approximate surface area is 103 Å². The molecule has 0 bridgehead atoms. The first-order chi connectivity index (χ1) is 8.24. The molecule has 0 amide bonds. The van der Waals surface area contributed by atoms with Crippen LogP contribution in [-0.2, 0) is 13.1 Å². The molecule has 0 saturated carbocycles. The highest BCUT2D eigenvalue weighted by atomic mass is 16.3. The van der Waals surface area contributed by atoms with Crippen molar-refractivity contribution in [3.05, 3.63) is 17.5 Å². The van der Waals surface area contributed by atoms with Crippen LogP contribution in [0.1, 0.15) is 37.6 Å². The predicted octanol–water partition coefficient (Wildman–Crippen LogP) is 1.56. The van der Waals surface area contributed by atoms with E-state index in [2.05, 4.69) is 27.7 Å². The second-order valence-corrected chi connectivity index (χ2v) is 4.90. The molecule has 1 unspecified atom stereocenters. The minimum absolute atomic E-state index is 0.277. The highest BCUT2D eigenvalue weighted by molar-refractivity contribution is 5.09. The van der Waals surface area contributed by atoms with E-state index in [0.29, 0.717) is 6.04 Å². The first-order valence-electron chi connectivity index (χ1n) is 6.62. The summed E-state index contributed by atoms with van der Waals surface area (Å²) in [4.78, 5) is 2.39. The van der Waals surface area contributed by atoms with Crippen LogP contribution in [0, 0.1) is 6.92 Å². The molecule has 17 heavy (non-hydrogen) atoms. The summed E-state index contributed by atoms with van der Waals surface area (Å²) in [5.41, 5.74) is 2.35. The number of aromatic nitrogens is 2. The molecule has 0 aliphatic carbocycles. The van der Waals surface area contributed by atoms with E-state index in [4.69, 9.17) is 0 Å². The Morgan fingerprint density at radius 2 is 2.29 bits per heavy atom. The molecule has 1 fully saturated rings. The Balaban J connectivity index is 2.07. The third-order valence-corrected chi connectivity index (χ3v) is 3.61. The molecule has 1 aliphatic rings. The van der Waals surface area contributed by atoms with Gasteiger partial charge in [-0.05, 0) is 39.3 Å². The highest BCUT2D eigenvalue weighted by Gasteiger charge is 2.22. The fraction of sp³-hybridized carbons (Fsp3) is 0.769. The largest absolute Gasteiger partial charge is 0.395 e. The molecule has 0 aromatic carbocycles. The molecule has 1 saturated heterocycles. The third kappa shape index (κ3) is 2.87. The lowest BCUT2D eigenvalue weighted by Crippen LogP contribution is -2.41. The molecule has 1 aliphatic heterocycles. The maximum atomic E-state index is 9.41. The minimum Gasteiger partial charge on any atom is -0.395 e. The number of aliphatic hydroxyl groups is 1. The zero-order valence-electron chi connectivity index (χ0n) is 10.9. The van der Waals surface area contributed by atoms with Crippen LogP contribution in [0.2, 0.25) is 0 Å². The van der Waals surface area contributed by atoms with Gasteiger partial charge in [0.25, 0.3) is 0 Å². The number of hydrogen-bond donors (Lipinski definition) is 1. The monoisotopic (exact) mass is 237 g/mol. The number of aliphatic hydroxyl groups excluding tert-OH is 1. The Morgan fingerprint density at radius 1 is 1.47 bits per heavy atom. The molecule has 2 heterocycles. The zero-order valence-corrected chi connectivity index (χ0v) is 10.9. The summed E-state index contributed by atoms with van der Waals surface area (Å²) in [6.07, 6.45) is 3.61. The molecule has 1 aromatic heterocycles. The van der Waals surface area contributed by atoms with Crippen LogP contribution in [-0.4, -0.2) is 39.0 Å². The van der Waals surface area contributed by atoms with E-state index in [-0.39, 0.29) is 6.61 Å². The van der Waals surface area contributed by atoms with E-state index in [0.717, 1.165) is 31.7 Å². The second-order valence-electron chi connectivity index (χ2n) is 4.90. The summed E-state index contributed by atoms with van der Waals surface area (Å²) in [6.45, 7) is 7.37. The van der Waals surface area contributed by atoms with Gasteiger partial charge in [-0.25, -0.2) is 0 Å². The van der Waals surface area contributed by atoms with Gasteiger partial charge in [0.1, 0.15) is 0 Å². The Bertz CT molecular complexity index is 362. The number of piperidine rings is 1. The van der Waals surface area contributed by atoms with Crippen molar-refractivity contribution in [2.24, 2.45) is 0 Å². The van der Waals surface area contributed by atoms with Crippen molar-refractivity contribution in [1.82, 2.24) is 14.7 Å². The molecular formula is C13H23N3O. The average molecular weight is 237 g/mol. The zero-order chi connectivity index (χ0) is 12.3. The van der Waals surface area contributed by atoms with E-state index in [1.54, 1.807) is 0 Å². The topological polar surface area (TPSA) is 41.3 Å². The average Bonchev–Trinajstić information content (AvgIpc) is 2.70. The molecule has 1 N–H and O–H groups in total. The maximum absolute atomic E-state index is 9.41. The molecule has 96 valence electrons. The summed E-state index contributed by atoms with van der Waals surface area (Å²) >= 11 is 0. The van der Waals surface area contributed by atoms with Gasteiger partial charge in [-0.2, -0.15) is 5.10 Å². The summed E-state index contributed by atoms with van der Waals surface area (Å²) in [7, 11) is 0. The third-order valence-electron chi connectivity index (χ3n) is 3.61. The first kappa shape index (κ1) is 12.6. The first-order valence-corrected chi connectivity index (χ1v) is 6.62. The molecule has 0 radical (unpaired) electrons. The molecule has 4 heteroatoms. The van der Waals surface area contributed by atoms with Crippen LogP contribution in [0.15, 0.2) is 6.07 Å². The van der Waals surface area contributed by atoms with Crippen LogP contribution in [0.25, 0.3) is 0 Å². The van der Waals surface area contributed by atoms with E-state index in [1.165, 1.54) is 18.5 Å². The summed E-state index contributed by atoms with van der Waals surface area (Å²) in [5, 5.41) is 13.9. The molecule has 4 nitrogen and oxygen atoms in total. The number of aryl methyl sites for hydroxylation is 2. The van der Waals surface area contributed by atoms with Crippen molar-refractivity contribution < 1.29 is 5.11 Å². The summed E-state index contributed by atoms with van der Waals surface area (Å²) in [5.74, 6) is 0. The fourth-order valence-corrected chi connectivity index (χ4v) is 2.68. The van der Waals surface area contributed by atoms with Crippen LogP contribution in [0.5, 0.6) is 0 Å². The van der Waals surface area contributed by atoms with Gasteiger partial charge < -0.3 is 5.11 Å². The van der Waals surface area contributed by atoms with E-state index in [1.807, 2.05) is 6.92 Å². The summed E-state index contributed by atoms with van der Waals surface area (Å²) in [6, 6.07) is 2.50. The van der Waals surface area contributed by atoms with Crippen molar-refractivity contribution in [2.45, 2.75) is 52.2 Å². The number of nitrogens with zero attached hydrogens (tertiary/aromatic N) is 3. The van der Waals surface area contributed by atoms with E-state index in [9.17, 15) is 5.11 Å². The molecule has 1 atom stereocenters. The normalized spacial score (nSPS) is 21.9. The lowest BCUT2D eigenvalue weighted by molar-refractivity contribution is 0.0818. The van der Waals surface area contributed by atoms with E-state index >= 15 is 0 Å². The molecular weight excluding hydrogens is 214 g/mol. The predicted molar refractivity (Wildman–Crippen MR) is 67.8 cm³/mol. The quantitative estimate of drug-likeness (QED) is 0.864. The molecule has 2 rings (SSSR count). The Kier molecular flexibility index (Phi) is 4.18. The smallest absolute Gasteiger partial charge is 0.0597 e. The van der Waals surface area contributed by atoms with Gasteiger partial charge in [0.15, 0.2) is 0 Å². The van der Waals surface area contributed by atoms with E-state index < -0.39 is 0 Å². The van der Waals surface area contributed by atoms with Crippen molar-refractivity contribution in [2.75, 3.05) is 13.2 Å².